The number of rotatable bonds is 4. The molecule has 0 bridgehead atoms. The highest BCUT2D eigenvalue weighted by molar-refractivity contribution is 6.51. The summed E-state index contributed by atoms with van der Waals surface area (Å²) >= 11 is 6.31. The molecule has 0 saturated carbocycles. The number of aliphatic hydroxyl groups is 1. The minimum absolute atomic E-state index is 0.0401. The molecule has 1 atom stereocenters. The molecule has 1 aliphatic heterocycles. The van der Waals surface area contributed by atoms with E-state index in [0.717, 1.165) is 11.1 Å². The van der Waals surface area contributed by atoms with Crippen LogP contribution in [0.1, 0.15) is 28.3 Å². The molecule has 1 saturated heterocycles. The molecule has 1 N–H and O–H groups in total. The fourth-order valence-corrected chi connectivity index (χ4v) is 4.27. The summed E-state index contributed by atoms with van der Waals surface area (Å²) < 4.78 is 5.39. The fourth-order valence-electron chi connectivity index (χ4n) is 3.92. The molecule has 2 aromatic carbocycles. The van der Waals surface area contributed by atoms with Gasteiger partial charge in [0, 0.05) is 18.1 Å². The summed E-state index contributed by atoms with van der Waals surface area (Å²) in [7, 11) is 1.43. The normalized spacial score (nSPS) is 17.6. The summed E-state index contributed by atoms with van der Waals surface area (Å²) in [5, 5.41) is 11.6. The number of nitrogens with zero attached hydrogens (tertiary/aromatic N) is 2. The van der Waals surface area contributed by atoms with Crippen LogP contribution in [0.2, 0.25) is 5.02 Å². The SMILES string of the molecule is COc1c(Cl)cc(C)cc1/C(O)=C1\C(=O)C(=O)N(c2ccc(C)cc2)C1c1ccncc1. The van der Waals surface area contributed by atoms with E-state index in [4.69, 9.17) is 16.3 Å². The number of amides is 1. The van der Waals surface area contributed by atoms with Crippen molar-refractivity contribution in [1.29, 1.82) is 0 Å². The van der Waals surface area contributed by atoms with Gasteiger partial charge in [0.25, 0.3) is 11.7 Å². The van der Waals surface area contributed by atoms with Crippen LogP contribution in [0.25, 0.3) is 5.76 Å². The third-order valence-corrected chi connectivity index (χ3v) is 5.71. The maximum atomic E-state index is 13.2. The number of carbonyl (C=O) groups is 2. The number of ketones is 1. The Hall–Kier alpha value is -3.64. The van der Waals surface area contributed by atoms with E-state index in [2.05, 4.69) is 4.98 Å². The summed E-state index contributed by atoms with van der Waals surface area (Å²) in [6.45, 7) is 3.75. The summed E-state index contributed by atoms with van der Waals surface area (Å²) in [6, 6.07) is 13.2. The van der Waals surface area contributed by atoms with Crippen molar-refractivity contribution in [2.75, 3.05) is 12.0 Å². The minimum Gasteiger partial charge on any atom is -0.507 e. The highest BCUT2D eigenvalue weighted by Gasteiger charge is 2.47. The summed E-state index contributed by atoms with van der Waals surface area (Å²) in [4.78, 5) is 31.8. The smallest absolute Gasteiger partial charge is 0.300 e. The van der Waals surface area contributed by atoms with Gasteiger partial charge >= 0.3 is 0 Å². The third-order valence-electron chi connectivity index (χ3n) is 5.43. The molecule has 4 rings (SSSR count). The van der Waals surface area contributed by atoms with Crippen LogP contribution in [0.5, 0.6) is 5.75 Å². The van der Waals surface area contributed by atoms with E-state index in [1.54, 1.807) is 48.8 Å². The Morgan fingerprint density at radius 1 is 1.03 bits per heavy atom. The second-order valence-electron chi connectivity index (χ2n) is 7.61. The number of hydrogen-bond acceptors (Lipinski definition) is 5. The number of carbonyl (C=O) groups excluding carboxylic acids is 2. The average Bonchev–Trinajstić information content (AvgIpc) is 3.04. The average molecular weight is 449 g/mol. The van der Waals surface area contributed by atoms with Crippen LogP contribution in [-0.4, -0.2) is 28.9 Å². The molecule has 1 unspecified atom stereocenters. The predicted molar refractivity (Wildman–Crippen MR) is 123 cm³/mol. The molecular formula is C25H21ClN2O4. The molecule has 1 fully saturated rings. The van der Waals surface area contributed by atoms with Gasteiger partial charge in [-0.25, -0.2) is 0 Å². The van der Waals surface area contributed by atoms with E-state index >= 15 is 0 Å². The van der Waals surface area contributed by atoms with Crippen molar-refractivity contribution in [3.8, 4) is 5.75 Å². The molecule has 0 aliphatic carbocycles. The van der Waals surface area contributed by atoms with Crippen molar-refractivity contribution in [1.82, 2.24) is 4.98 Å². The molecule has 6 nitrogen and oxygen atoms in total. The predicted octanol–water partition coefficient (Wildman–Crippen LogP) is 4.99. The van der Waals surface area contributed by atoms with E-state index < -0.39 is 17.7 Å². The number of aliphatic hydroxyl groups excluding tert-OH is 1. The van der Waals surface area contributed by atoms with Gasteiger partial charge in [-0.15, -0.1) is 0 Å². The zero-order valence-corrected chi connectivity index (χ0v) is 18.6. The maximum Gasteiger partial charge on any atom is 0.300 e. The Balaban J connectivity index is 1.99. The van der Waals surface area contributed by atoms with Gasteiger partial charge in [-0.2, -0.15) is 0 Å². The Labute approximate surface area is 190 Å². The lowest BCUT2D eigenvalue weighted by molar-refractivity contribution is -0.132. The van der Waals surface area contributed by atoms with Gasteiger partial charge in [0.1, 0.15) is 11.5 Å². The first-order chi connectivity index (χ1) is 15.3. The first kappa shape index (κ1) is 21.6. The van der Waals surface area contributed by atoms with Gasteiger partial charge in [-0.1, -0.05) is 29.3 Å². The molecular weight excluding hydrogens is 428 g/mol. The first-order valence-electron chi connectivity index (χ1n) is 9.95. The third kappa shape index (κ3) is 3.63. The van der Waals surface area contributed by atoms with Crippen LogP contribution in [0.3, 0.4) is 0 Å². The van der Waals surface area contributed by atoms with E-state index in [1.165, 1.54) is 12.0 Å². The van der Waals surface area contributed by atoms with Crippen LogP contribution in [0, 0.1) is 13.8 Å². The van der Waals surface area contributed by atoms with E-state index in [0.29, 0.717) is 16.3 Å². The lowest BCUT2D eigenvalue weighted by Crippen LogP contribution is -2.29. The Morgan fingerprint density at radius 2 is 1.69 bits per heavy atom. The van der Waals surface area contributed by atoms with Crippen molar-refractivity contribution in [3.63, 3.8) is 0 Å². The number of halogens is 1. The minimum atomic E-state index is -0.843. The van der Waals surface area contributed by atoms with Gasteiger partial charge in [0.05, 0.1) is 29.3 Å². The number of anilines is 1. The quantitative estimate of drug-likeness (QED) is 0.345. The number of aryl methyl sites for hydroxylation is 2. The van der Waals surface area contributed by atoms with Crippen molar-refractivity contribution >= 4 is 34.7 Å². The second kappa shape index (κ2) is 8.48. The van der Waals surface area contributed by atoms with Crippen LogP contribution in [-0.2, 0) is 9.59 Å². The molecule has 2 heterocycles. The highest BCUT2D eigenvalue weighted by atomic mass is 35.5. The highest BCUT2D eigenvalue weighted by Crippen LogP contribution is 2.44. The molecule has 32 heavy (non-hydrogen) atoms. The lowest BCUT2D eigenvalue weighted by Gasteiger charge is -2.25. The number of ether oxygens (including phenoxy) is 1. The van der Waals surface area contributed by atoms with Crippen LogP contribution >= 0.6 is 11.6 Å². The number of methoxy groups -OCH3 is 1. The van der Waals surface area contributed by atoms with Crippen molar-refractivity contribution in [3.05, 3.63) is 93.8 Å². The van der Waals surface area contributed by atoms with Crippen molar-refractivity contribution in [2.45, 2.75) is 19.9 Å². The Morgan fingerprint density at radius 3 is 2.31 bits per heavy atom. The van der Waals surface area contributed by atoms with Gasteiger partial charge in [0.2, 0.25) is 0 Å². The van der Waals surface area contributed by atoms with Gasteiger partial charge in [-0.05, 0) is 61.4 Å². The number of Topliss-reactive ketones (excluding diaryl/α,β-unsaturated/α-hetero) is 1. The maximum absolute atomic E-state index is 13.2. The molecule has 3 aromatic rings. The lowest BCUT2D eigenvalue weighted by atomic mass is 9.95. The van der Waals surface area contributed by atoms with Crippen molar-refractivity contribution < 1.29 is 19.4 Å². The second-order valence-corrected chi connectivity index (χ2v) is 8.02. The zero-order chi connectivity index (χ0) is 23.0. The van der Waals surface area contributed by atoms with Gasteiger partial charge in [0.15, 0.2) is 0 Å². The first-order valence-corrected chi connectivity index (χ1v) is 10.3. The Kier molecular flexibility index (Phi) is 5.72. The summed E-state index contributed by atoms with van der Waals surface area (Å²) in [5.74, 6) is -1.63. The molecule has 0 radical (unpaired) electrons. The van der Waals surface area contributed by atoms with Gasteiger partial charge < -0.3 is 9.84 Å². The molecule has 1 aliphatic rings. The molecule has 1 aromatic heterocycles. The largest absolute Gasteiger partial charge is 0.507 e. The van der Waals surface area contributed by atoms with E-state index in [-0.39, 0.29) is 22.6 Å². The van der Waals surface area contributed by atoms with Crippen molar-refractivity contribution in [2.24, 2.45) is 0 Å². The summed E-state index contributed by atoms with van der Waals surface area (Å²) in [6.07, 6.45) is 3.16. The van der Waals surface area contributed by atoms with Gasteiger partial charge in [-0.3, -0.25) is 19.5 Å². The number of aromatic nitrogens is 1. The monoisotopic (exact) mass is 448 g/mol. The zero-order valence-electron chi connectivity index (χ0n) is 17.8. The molecule has 1 amide bonds. The van der Waals surface area contributed by atoms with E-state index in [9.17, 15) is 14.7 Å². The number of pyridine rings is 1. The Bertz CT molecular complexity index is 1240. The molecule has 0 spiro atoms. The number of benzene rings is 2. The standard InChI is InChI=1S/C25H21ClN2O4/c1-14-4-6-17(7-5-14)28-21(16-8-10-27-11-9-16)20(23(30)25(28)31)22(29)18-12-15(2)13-19(26)24(18)32-3/h4-13,21,29H,1-3H3/b22-20+. The van der Waals surface area contributed by atoms with E-state index in [1.807, 2.05) is 26.0 Å². The molecule has 7 heteroatoms. The topological polar surface area (TPSA) is 79.7 Å². The number of hydrogen-bond donors (Lipinski definition) is 1. The van der Waals surface area contributed by atoms with Crippen LogP contribution < -0.4 is 9.64 Å². The van der Waals surface area contributed by atoms with Crippen LogP contribution in [0.15, 0.2) is 66.5 Å². The molecule has 162 valence electrons. The fraction of sp³-hybridized carbons (Fsp3) is 0.160. The summed E-state index contributed by atoms with van der Waals surface area (Å²) in [5.41, 5.74) is 3.18. The van der Waals surface area contributed by atoms with Crippen LogP contribution in [0.4, 0.5) is 5.69 Å².